The van der Waals surface area contributed by atoms with Gasteiger partial charge in [0.1, 0.15) is 0 Å². The van der Waals surface area contributed by atoms with Gasteiger partial charge in [0, 0.05) is 17.4 Å². The van der Waals surface area contributed by atoms with Crippen LogP contribution in [-0.2, 0) is 16.0 Å². The van der Waals surface area contributed by atoms with Gasteiger partial charge < -0.3 is 10.6 Å². The number of hydrogen-bond donors (Lipinski definition) is 2. The monoisotopic (exact) mass is 318 g/mol. The number of benzene rings is 2. The lowest BCUT2D eigenvalue weighted by Gasteiger charge is -2.13. The zero-order valence-corrected chi connectivity index (χ0v) is 12.7. The van der Waals surface area contributed by atoms with Crippen molar-refractivity contribution in [3.8, 4) is 0 Å². The van der Waals surface area contributed by atoms with Crippen LogP contribution in [0.2, 0.25) is 0 Å². The molecule has 0 saturated carbocycles. The molecule has 0 heterocycles. The van der Waals surface area contributed by atoms with Gasteiger partial charge in [0.25, 0.3) is 0 Å². The number of aryl methyl sites for hydroxylation is 2. The number of amides is 2. The van der Waals surface area contributed by atoms with Gasteiger partial charge in [-0.1, -0.05) is 25.1 Å². The zero-order valence-electron chi connectivity index (χ0n) is 12.7. The summed E-state index contributed by atoms with van der Waals surface area (Å²) in [6.07, 6.45) is 0.697. The quantitative estimate of drug-likeness (QED) is 0.852. The van der Waals surface area contributed by atoms with Crippen LogP contribution in [-0.4, -0.2) is 11.8 Å². The summed E-state index contributed by atoms with van der Waals surface area (Å²) >= 11 is 0. The van der Waals surface area contributed by atoms with E-state index in [-0.39, 0.29) is 5.69 Å². The van der Waals surface area contributed by atoms with Crippen molar-refractivity contribution >= 4 is 23.2 Å². The second kappa shape index (κ2) is 7.00. The Morgan fingerprint density at radius 2 is 1.70 bits per heavy atom. The minimum atomic E-state index is -1.10. The van der Waals surface area contributed by atoms with E-state index in [2.05, 4.69) is 10.6 Å². The summed E-state index contributed by atoms with van der Waals surface area (Å²) in [5, 5.41) is 4.79. The van der Waals surface area contributed by atoms with Gasteiger partial charge in [-0.25, -0.2) is 8.78 Å². The van der Waals surface area contributed by atoms with E-state index < -0.39 is 23.4 Å². The molecule has 0 aromatic heterocycles. The molecule has 0 unspecified atom stereocenters. The molecule has 0 atom stereocenters. The maximum absolute atomic E-state index is 13.1. The zero-order chi connectivity index (χ0) is 17.0. The Morgan fingerprint density at radius 1 is 1.00 bits per heavy atom. The number of para-hydroxylation sites is 1. The number of rotatable bonds is 3. The number of anilines is 2. The fourth-order valence-corrected chi connectivity index (χ4v) is 2.13. The molecule has 0 aliphatic rings. The summed E-state index contributed by atoms with van der Waals surface area (Å²) in [4.78, 5) is 23.9. The van der Waals surface area contributed by atoms with Gasteiger partial charge in [-0.15, -0.1) is 0 Å². The second-order valence-electron chi connectivity index (χ2n) is 5.00. The van der Waals surface area contributed by atoms with E-state index in [1.165, 1.54) is 6.07 Å². The molecule has 0 aliphatic heterocycles. The van der Waals surface area contributed by atoms with Gasteiger partial charge in [0.05, 0.1) is 0 Å². The van der Waals surface area contributed by atoms with Crippen LogP contribution in [0, 0.1) is 18.6 Å². The van der Waals surface area contributed by atoms with Crippen molar-refractivity contribution in [3.05, 3.63) is 59.2 Å². The fraction of sp³-hybridized carbons (Fsp3) is 0.176. The van der Waals surface area contributed by atoms with Crippen molar-refractivity contribution in [1.82, 2.24) is 0 Å². The van der Waals surface area contributed by atoms with Crippen LogP contribution in [0.1, 0.15) is 18.1 Å². The Morgan fingerprint density at radius 3 is 2.35 bits per heavy atom. The van der Waals surface area contributed by atoms with E-state index in [0.717, 1.165) is 23.3 Å². The summed E-state index contributed by atoms with van der Waals surface area (Å²) in [5.41, 5.74) is 2.32. The van der Waals surface area contributed by atoms with Gasteiger partial charge >= 0.3 is 11.8 Å². The number of carbonyl (C=O) groups excluding carboxylic acids is 2. The first-order valence-corrected chi connectivity index (χ1v) is 7.08. The van der Waals surface area contributed by atoms with Crippen LogP contribution in [0.3, 0.4) is 0 Å². The SMILES string of the molecule is CCc1cccc(C)c1NC(=O)C(=O)Nc1ccc(F)c(F)c1. The molecule has 2 aromatic rings. The van der Waals surface area contributed by atoms with Crippen LogP contribution in [0.5, 0.6) is 0 Å². The lowest BCUT2D eigenvalue weighted by molar-refractivity contribution is -0.133. The lowest BCUT2D eigenvalue weighted by Crippen LogP contribution is -2.29. The number of carbonyl (C=O) groups is 2. The topological polar surface area (TPSA) is 58.2 Å². The van der Waals surface area contributed by atoms with Gasteiger partial charge in [0.15, 0.2) is 11.6 Å². The van der Waals surface area contributed by atoms with Gasteiger partial charge in [-0.2, -0.15) is 0 Å². The number of halogens is 2. The van der Waals surface area contributed by atoms with Gasteiger partial charge in [-0.3, -0.25) is 9.59 Å². The van der Waals surface area contributed by atoms with Crippen molar-refractivity contribution in [3.63, 3.8) is 0 Å². The highest BCUT2D eigenvalue weighted by Gasteiger charge is 2.17. The van der Waals surface area contributed by atoms with Crippen molar-refractivity contribution in [1.29, 1.82) is 0 Å². The maximum Gasteiger partial charge on any atom is 0.314 e. The normalized spacial score (nSPS) is 10.3. The Labute approximate surface area is 132 Å². The number of nitrogens with one attached hydrogen (secondary N) is 2. The van der Waals surface area contributed by atoms with E-state index in [9.17, 15) is 18.4 Å². The molecule has 0 fully saturated rings. The fourth-order valence-electron chi connectivity index (χ4n) is 2.13. The highest BCUT2D eigenvalue weighted by molar-refractivity contribution is 6.43. The third kappa shape index (κ3) is 3.91. The summed E-state index contributed by atoms with van der Waals surface area (Å²) in [7, 11) is 0. The molecule has 0 radical (unpaired) electrons. The first kappa shape index (κ1) is 16.6. The van der Waals surface area contributed by atoms with E-state index >= 15 is 0 Å². The highest BCUT2D eigenvalue weighted by Crippen LogP contribution is 2.21. The van der Waals surface area contributed by atoms with Crippen LogP contribution in [0.25, 0.3) is 0 Å². The highest BCUT2D eigenvalue weighted by atomic mass is 19.2. The largest absolute Gasteiger partial charge is 0.318 e. The molecule has 0 aliphatic carbocycles. The van der Waals surface area contributed by atoms with E-state index in [4.69, 9.17) is 0 Å². The van der Waals surface area contributed by atoms with Crippen molar-refractivity contribution in [2.75, 3.05) is 10.6 Å². The van der Waals surface area contributed by atoms with Gasteiger partial charge in [0.2, 0.25) is 0 Å². The molecule has 2 amide bonds. The minimum absolute atomic E-state index is 0.00421. The summed E-state index contributed by atoms with van der Waals surface area (Å²) in [5.74, 6) is -3.96. The van der Waals surface area contributed by atoms with Crippen LogP contribution < -0.4 is 10.6 Å². The molecule has 6 heteroatoms. The number of hydrogen-bond acceptors (Lipinski definition) is 2. The van der Waals surface area contributed by atoms with E-state index in [1.807, 2.05) is 32.0 Å². The molecule has 0 spiro atoms. The Bertz CT molecular complexity index is 760. The van der Waals surface area contributed by atoms with Crippen molar-refractivity contribution in [2.24, 2.45) is 0 Å². The van der Waals surface area contributed by atoms with Gasteiger partial charge in [-0.05, 0) is 36.6 Å². The first-order valence-electron chi connectivity index (χ1n) is 7.08. The second-order valence-corrected chi connectivity index (χ2v) is 5.00. The smallest absolute Gasteiger partial charge is 0.314 e. The summed E-state index contributed by atoms with van der Waals surface area (Å²) < 4.78 is 25.9. The van der Waals surface area contributed by atoms with Crippen molar-refractivity contribution in [2.45, 2.75) is 20.3 Å². The van der Waals surface area contributed by atoms with Crippen LogP contribution in [0.4, 0.5) is 20.2 Å². The maximum atomic E-state index is 13.1. The molecule has 2 rings (SSSR count). The minimum Gasteiger partial charge on any atom is -0.318 e. The molecule has 0 bridgehead atoms. The Balaban J connectivity index is 2.12. The molecule has 4 nitrogen and oxygen atoms in total. The summed E-state index contributed by atoms with van der Waals surface area (Å²) in [6.45, 7) is 3.76. The third-order valence-electron chi connectivity index (χ3n) is 3.36. The predicted molar refractivity (Wildman–Crippen MR) is 84.2 cm³/mol. The first-order chi connectivity index (χ1) is 10.9. The Hall–Kier alpha value is -2.76. The summed E-state index contributed by atoms with van der Waals surface area (Å²) in [6, 6.07) is 8.41. The molecule has 120 valence electrons. The molecular weight excluding hydrogens is 302 g/mol. The Kier molecular flexibility index (Phi) is 5.05. The third-order valence-corrected chi connectivity index (χ3v) is 3.36. The molecule has 2 N–H and O–H groups in total. The van der Waals surface area contributed by atoms with Crippen molar-refractivity contribution < 1.29 is 18.4 Å². The average Bonchev–Trinajstić information content (AvgIpc) is 2.52. The molecule has 0 saturated heterocycles. The standard InChI is InChI=1S/C17H16F2N2O2/c1-3-11-6-4-5-10(2)15(11)21-17(23)16(22)20-12-7-8-13(18)14(19)9-12/h4-9H,3H2,1-2H3,(H,20,22)(H,21,23). The molecule has 23 heavy (non-hydrogen) atoms. The molecule has 2 aromatic carbocycles. The lowest BCUT2D eigenvalue weighted by atomic mass is 10.1. The van der Waals surface area contributed by atoms with E-state index in [0.29, 0.717) is 12.1 Å². The molecular formula is C17H16F2N2O2. The predicted octanol–water partition coefficient (Wildman–Crippen LogP) is 3.41. The van der Waals surface area contributed by atoms with Crippen LogP contribution >= 0.6 is 0 Å². The average molecular weight is 318 g/mol. The van der Waals surface area contributed by atoms with Crippen LogP contribution in [0.15, 0.2) is 36.4 Å². The van der Waals surface area contributed by atoms with E-state index in [1.54, 1.807) is 0 Å².